The topological polar surface area (TPSA) is 65.7 Å². The van der Waals surface area contributed by atoms with Crippen molar-refractivity contribution in [3.63, 3.8) is 0 Å². The highest BCUT2D eigenvalue weighted by molar-refractivity contribution is 5.78. The van der Waals surface area contributed by atoms with Gasteiger partial charge in [-0.3, -0.25) is 14.6 Å². The van der Waals surface area contributed by atoms with Gasteiger partial charge < -0.3 is 9.32 Å². The molecule has 3 rings (SSSR count). The molecule has 0 radical (unpaired) electrons. The molecule has 1 aromatic carbocycles. The third kappa shape index (κ3) is 4.68. The Morgan fingerprint density at radius 2 is 1.69 bits per heavy atom. The number of nitrogens with zero attached hydrogens (tertiary/aromatic N) is 5. The molecule has 2 heterocycles. The molecule has 1 amide bonds. The minimum atomic E-state index is 0.216. The molecule has 0 bridgehead atoms. The fourth-order valence-corrected chi connectivity index (χ4v) is 3.18. The van der Waals surface area contributed by atoms with Gasteiger partial charge >= 0.3 is 0 Å². The number of aromatic nitrogens is 2. The average molecular weight is 357 g/mol. The lowest BCUT2D eigenvalue weighted by Crippen LogP contribution is -2.49. The second-order valence-corrected chi connectivity index (χ2v) is 6.49. The van der Waals surface area contributed by atoms with Crippen LogP contribution in [0.3, 0.4) is 0 Å². The lowest BCUT2D eigenvalue weighted by atomic mass is 10.2. The summed E-state index contributed by atoms with van der Waals surface area (Å²) in [5, 5.41) is 8.31. The van der Waals surface area contributed by atoms with Crippen LogP contribution in [0.25, 0.3) is 11.5 Å². The number of carbonyl (C=O) groups excluding carboxylic acids is 1. The summed E-state index contributed by atoms with van der Waals surface area (Å²) in [6.07, 6.45) is 0. The SMILES string of the molecule is CCN(CC)C(=O)CN1CCN(Cc2nnc(-c3ccccc3)o2)CC1. The Hall–Kier alpha value is -2.25. The first-order valence-electron chi connectivity index (χ1n) is 9.30. The van der Waals surface area contributed by atoms with Crippen LogP contribution in [0, 0.1) is 0 Å². The lowest BCUT2D eigenvalue weighted by Gasteiger charge is -2.34. The maximum atomic E-state index is 12.2. The third-order valence-corrected chi connectivity index (χ3v) is 4.79. The Bertz CT molecular complexity index is 691. The minimum Gasteiger partial charge on any atom is -0.419 e. The minimum absolute atomic E-state index is 0.216. The molecule has 0 N–H and O–H groups in total. The van der Waals surface area contributed by atoms with E-state index in [-0.39, 0.29) is 5.91 Å². The Labute approximate surface area is 154 Å². The van der Waals surface area contributed by atoms with Gasteiger partial charge in [-0.2, -0.15) is 0 Å². The number of rotatable bonds is 7. The van der Waals surface area contributed by atoms with E-state index >= 15 is 0 Å². The molecular weight excluding hydrogens is 330 g/mol. The highest BCUT2D eigenvalue weighted by atomic mass is 16.4. The van der Waals surface area contributed by atoms with Crippen molar-refractivity contribution in [2.24, 2.45) is 0 Å². The Balaban J connectivity index is 1.47. The number of piperazine rings is 1. The van der Waals surface area contributed by atoms with Crippen molar-refractivity contribution in [1.29, 1.82) is 0 Å². The molecule has 1 aliphatic heterocycles. The van der Waals surface area contributed by atoms with E-state index in [1.807, 2.05) is 49.1 Å². The lowest BCUT2D eigenvalue weighted by molar-refractivity contribution is -0.132. The van der Waals surface area contributed by atoms with E-state index in [1.165, 1.54) is 0 Å². The maximum absolute atomic E-state index is 12.2. The van der Waals surface area contributed by atoms with Crippen molar-refractivity contribution in [1.82, 2.24) is 24.9 Å². The van der Waals surface area contributed by atoms with Crippen LogP contribution in [0.1, 0.15) is 19.7 Å². The van der Waals surface area contributed by atoms with Gasteiger partial charge in [-0.1, -0.05) is 18.2 Å². The third-order valence-electron chi connectivity index (χ3n) is 4.79. The number of carbonyl (C=O) groups is 1. The van der Waals surface area contributed by atoms with E-state index in [9.17, 15) is 4.79 Å². The normalized spacial score (nSPS) is 15.9. The summed E-state index contributed by atoms with van der Waals surface area (Å²) in [7, 11) is 0. The van der Waals surface area contributed by atoms with Crippen LogP contribution in [-0.2, 0) is 11.3 Å². The summed E-state index contributed by atoms with van der Waals surface area (Å²) >= 11 is 0. The molecule has 1 aliphatic rings. The highest BCUT2D eigenvalue weighted by Crippen LogP contribution is 2.18. The molecule has 0 saturated carbocycles. The van der Waals surface area contributed by atoms with Crippen molar-refractivity contribution in [3.05, 3.63) is 36.2 Å². The summed E-state index contributed by atoms with van der Waals surface area (Å²) < 4.78 is 5.79. The number of amides is 1. The first kappa shape index (κ1) is 18.5. The van der Waals surface area contributed by atoms with Gasteiger partial charge in [0, 0.05) is 44.8 Å². The van der Waals surface area contributed by atoms with Gasteiger partial charge in [0.25, 0.3) is 0 Å². The fourth-order valence-electron chi connectivity index (χ4n) is 3.18. The van der Waals surface area contributed by atoms with Gasteiger partial charge in [-0.25, -0.2) is 0 Å². The van der Waals surface area contributed by atoms with Crippen LogP contribution in [0.15, 0.2) is 34.7 Å². The van der Waals surface area contributed by atoms with Crippen LogP contribution >= 0.6 is 0 Å². The van der Waals surface area contributed by atoms with Gasteiger partial charge in [0.1, 0.15) is 0 Å². The first-order valence-corrected chi connectivity index (χ1v) is 9.30. The summed E-state index contributed by atoms with van der Waals surface area (Å²) in [6.45, 7) is 10.3. The van der Waals surface area contributed by atoms with E-state index in [2.05, 4.69) is 20.0 Å². The van der Waals surface area contributed by atoms with Gasteiger partial charge in [-0.15, -0.1) is 10.2 Å². The van der Waals surface area contributed by atoms with Gasteiger partial charge in [0.05, 0.1) is 13.1 Å². The zero-order valence-corrected chi connectivity index (χ0v) is 15.6. The predicted octanol–water partition coefficient (Wildman–Crippen LogP) is 1.72. The number of hydrogen-bond donors (Lipinski definition) is 0. The highest BCUT2D eigenvalue weighted by Gasteiger charge is 2.22. The molecule has 26 heavy (non-hydrogen) atoms. The second kappa shape index (κ2) is 8.91. The van der Waals surface area contributed by atoms with E-state index in [0.29, 0.717) is 24.9 Å². The first-order chi connectivity index (χ1) is 12.7. The molecule has 1 saturated heterocycles. The molecule has 0 unspecified atom stereocenters. The van der Waals surface area contributed by atoms with Crippen LogP contribution < -0.4 is 0 Å². The molecule has 0 aliphatic carbocycles. The molecule has 140 valence electrons. The zero-order chi connectivity index (χ0) is 18.4. The van der Waals surface area contributed by atoms with Crippen molar-refractivity contribution >= 4 is 5.91 Å². The Morgan fingerprint density at radius 3 is 2.35 bits per heavy atom. The van der Waals surface area contributed by atoms with Gasteiger partial charge in [0.15, 0.2) is 0 Å². The fraction of sp³-hybridized carbons (Fsp3) is 0.526. The van der Waals surface area contributed by atoms with Crippen LogP contribution in [0.5, 0.6) is 0 Å². The molecule has 7 nitrogen and oxygen atoms in total. The number of likely N-dealkylation sites (N-methyl/N-ethyl adjacent to an activating group) is 1. The summed E-state index contributed by atoms with van der Waals surface area (Å²) in [4.78, 5) is 18.6. The monoisotopic (exact) mass is 357 g/mol. The predicted molar refractivity (Wildman–Crippen MR) is 99.4 cm³/mol. The molecule has 1 aromatic heterocycles. The van der Waals surface area contributed by atoms with Crippen molar-refractivity contribution < 1.29 is 9.21 Å². The van der Waals surface area contributed by atoms with E-state index in [1.54, 1.807) is 0 Å². The molecule has 1 fully saturated rings. The van der Waals surface area contributed by atoms with E-state index < -0.39 is 0 Å². The van der Waals surface area contributed by atoms with Crippen LogP contribution in [0.2, 0.25) is 0 Å². The largest absolute Gasteiger partial charge is 0.419 e. The standard InChI is InChI=1S/C19H27N5O2/c1-3-24(4-2)18(25)15-23-12-10-22(11-13-23)14-17-20-21-19(26-17)16-8-6-5-7-9-16/h5-9H,3-4,10-15H2,1-2H3. The van der Waals surface area contributed by atoms with Crippen LogP contribution in [0.4, 0.5) is 0 Å². The van der Waals surface area contributed by atoms with Gasteiger partial charge in [-0.05, 0) is 26.0 Å². The molecular formula is C19H27N5O2. The molecule has 2 aromatic rings. The van der Waals surface area contributed by atoms with Crippen molar-refractivity contribution in [2.75, 3.05) is 45.8 Å². The summed E-state index contributed by atoms with van der Waals surface area (Å²) in [5.41, 5.74) is 0.936. The average Bonchev–Trinajstić information content (AvgIpc) is 3.14. The van der Waals surface area contributed by atoms with E-state index in [4.69, 9.17) is 4.42 Å². The van der Waals surface area contributed by atoms with E-state index in [0.717, 1.165) is 44.8 Å². The smallest absolute Gasteiger partial charge is 0.247 e. The summed E-state index contributed by atoms with van der Waals surface area (Å²) in [6, 6.07) is 9.80. The van der Waals surface area contributed by atoms with Crippen LogP contribution in [-0.4, -0.2) is 76.6 Å². The second-order valence-electron chi connectivity index (χ2n) is 6.49. The zero-order valence-electron chi connectivity index (χ0n) is 15.6. The molecule has 7 heteroatoms. The maximum Gasteiger partial charge on any atom is 0.247 e. The molecule has 0 spiro atoms. The Morgan fingerprint density at radius 1 is 1.04 bits per heavy atom. The molecule has 0 atom stereocenters. The number of hydrogen-bond acceptors (Lipinski definition) is 6. The summed E-state index contributed by atoms with van der Waals surface area (Å²) in [5.74, 6) is 1.41. The quantitative estimate of drug-likeness (QED) is 0.752. The Kier molecular flexibility index (Phi) is 6.35. The van der Waals surface area contributed by atoms with Crippen molar-refractivity contribution in [2.45, 2.75) is 20.4 Å². The van der Waals surface area contributed by atoms with Gasteiger partial charge in [0.2, 0.25) is 17.7 Å². The number of benzene rings is 1. The van der Waals surface area contributed by atoms with Crippen molar-refractivity contribution in [3.8, 4) is 11.5 Å².